The Morgan fingerprint density at radius 3 is 2.69 bits per heavy atom. The van der Waals surface area contributed by atoms with Crippen molar-refractivity contribution in [1.82, 2.24) is 15.1 Å². The largest absolute Gasteiger partial charge is 0.431 e. The number of hydrogen-bond acceptors (Lipinski definition) is 6. The molecule has 1 fully saturated rings. The first kappa shape index (κ1) is 21.5. The van der Waals surface area contributed by atoms with Gasteiger partial charge in [0.2, 0.25) is 11.6 Å². The number of aromatic nitrogens is 2. The molecule has 4 rings (SSSR count). The van der Waals surface area contributed by atoms with Crippen molar-refractivity contribution in [2.75, 3.05) is 13.2 Å². The quantitative estimate of drug-likeness (QED) is 0.441. The van der Waals surface area contributed by atoms with E-state index in [0.29, 0.717) is 24.4 Å². The zero-order valence-corrected chi connectivity index (χ0v) is 17.9. The Labute approximate surface area is 185 Å². The van der Waals surface area contributed by atoms with E-state index < -0.39 is 4.92 Å². The number of benzene rings is 2. The number of aryl methyl sites for hydroxylation is 1. The summed E-state index contributed by atoms with van der Waals surface area (Å²) in [6.07, 6.45) is 1.89. The van der Waals surface area contributed by atoms with Crippen LogP contribution in [0.4, 0.5) is 5.69 Å². The summed E-state index contributed by atoms with van der Waals surface area (Å²) in [6.45, 7) is 4.78. The maximum Gasteiger partial charge on any atom is 0.311 e. The van der Waals surface area contributed by atoms with Crippen molar-refractivity contribution in [2.24, 2.45) is 0 Å². The van der Waals surface area contributed by atoms with Gasteiger partial charge in [0.25, 0.3) is 5.91 Å². The van der Waals surface area contributed by atoms with E-state index in [1.165, 1.54) is 16.8 Å². The fraction of sp³-hybridized carbons (Fsp3) is 0.304. The number of nitrogens with zero attached hydrogens (tertiary/aromatic N) is 3. The highest BCUT2D eigenvalue weighted by Crippen LogP contribution is 2.35. The number of nitrogens with one attached hydrogen (secondary N) is 1. The van der Waals surface area contributed by atoms with E-state index in [0.717, 1.165) is 18.4 Å². The molecule has 1 aliphatic heterocycles. The molecule has 1 amide bonds. The average Bonchev–Trinajstić information content (AvgIpc) is 3.42. The first-order valence-electron chi connectivity index (χ1n) is 10.4. The molecular weight excluding hydrogens is 412 g/mol. The van der Waals surface area contributed by atoms with Gasteiger partial charge in [0, 0.05) is 24.8 Å². The fourth-order valence-corrected chi connectivity index (χ4v) is 3.57. The van der Waals surface area contributed by atoms with E-state index in [2.05, 4.69) is 10.4 Å². The van der Waals surface area contributed by atoms with Gasteiger partial charge < -0.3 is 14.8 Å². The number of carbonyl (C=O) groups is 1. The summed E-state index contributed by atoms with van der Waals surface area (Å²) in [5.74, 6) is -0.0399. The molecule has 0 aliphatic carbocycles. The van der Waals surface area contributed by atoms with Gasteiger partial charge in [-0.2, -0.15) is 9.78 Å². The minimum Gasteiger partial charge on any atom is -0.431 e. The third kappa shape index (κ3) is 4.47. The van der Waals surface area contributed by atoms with Gasteiger partial charge in [-0.3, -0.25) is 14.9 Å². The molecule has 1 saturated heterocycles. The summed E-state index contributed by atoms with van der Waals surface area (Å²) in [6, 6.07) is 13.6. The van der Waals surface area contributed by atoms with E-state index >= 15 is 0 Å². The van der Waals surface area contributed by atoms with Crippen molar-refractivity contribution in [3.05, 3.63) is 75.5 Å². The molecule has 1 aromatic heterocycles. The van der Waals surface area contributed by atoms with Gasteiger partial charge in [0.05, 0.1) is 16.7 Å². The predicted molar refractivity (Wildman–Crippen MR) is 118 cm³/mol. The smallest absolute Gasteiger partial charge is 0.311 e. The van der Waals surface area contributed by atoms with Gasteiger partial charge in [-0.1, -0.05) is 29.8 Å². The van der Waals surface area contributed by atoms with Gasteiger partial charge >= 0.3 is 5.69 Å². The standard InChI is InChI=1S/C23H24N4O5/c1-15-9-11-17(12-10-15)26-23(32-20-8-4-3-7-19(20)27(29)30)16(2)21(25-26)22(28)24-14-18-6-5-13-31-18/h3-4,7-12,18H,5-6,13-14H2,1-2H3,(H,24,28). The van der Waals surface area contributed by atoms with Crippen LogP contribution in [-0.2, 0) is 4.74 Å². The monoisotopic (exact) mass is 436 g/mol. The highest BCUT2D eigenvalue weighted by Gasteiger charge is 2.26. The van der Waals surface area contributed by atoms with Crippen molar-refractivity contribution >= 4 is 11.6 Å². The van der Waals surface area contributed by atoms with Crippen LogP contribution in [0.3, 0.4) is 0 Å². The lowest BCUT2D eigenvalue weighted by Crippen LogP contribution is -2.32. The Bertz CT molecular complexity index is 1130. The Kier molecular flexibility index (Phi) is 6.18. The van der Waals surface area contributed by atoms with E-state index in [9.17, 15) is 14.9 Å². The van der Waals surface area contributed by atoms with Crippen LogP contribution in [0.2, 0.25) is 0 Å². The molecule has 1 unspecified atom stereocenters. The molecule has 0 saturated carbocycles. The number of amides is 1. The van der Waals surface area contributed by atoms with E-state index in [-0.39, 0.29) is 35.0 Å². The maximum atomic E-state index is 12.9. The van der Waals surface area contributed by atoms with Gasteiger partial charge in [-0.25, -0.2) is 0 Å². The normalized spacial score (nSPS) is 15.5. The number of ether oxygens (including phenoxy) is 2. The summed E-state index contributed by atoms with van der Waals surface area (Å²) in [7, 11) is 0. The predicted octanol–water partition coefficient (Wildman–Crippen LogP) is 4.10. The number of hydrogen-bond donors (Lipinski definition) is 1. The van der Waals surface area contributed by atoms with Crippen molar-refractivity contribution in [3.8, 4) is 17.3 Å². The molecule has 9 heteroatoms. The zero-order chi connectivity index (χ0) is 22.7. The molecule has 2 aromatic carbocycles. The minimum absolute atomic E-state index is 0.00105. The highest BCUT2D eigenvalue weighted by atomic mass is 16.6. The molecule has 9 nitrogen and oxygen atoms in total. The second-order valence-electron chi connectivity index (χ2n) is 7.70. The molecule has 3 aromatic rings. The Hall–Kier alpha value is -3.72. The number of nitro groups is 1. The van der Waals surface area contributed by atoms with Crippen molar-refractivity contribution in [1.29, 1.82) is 0 Å². The lowest BCUT2D eigenvalue weighted by Gasteiger charge is -2.10. The van der Waals surface area contributed by atoms with Crippen molar-refractivity contribution in [2.45, 2.75) is 32.8 Å². The number of para-hydroxylation sites is 2. The van der Waals surface area contributed by atoms with Crippen molar-refractivity contribution in [3.63, 3.8) is 0 Å². The summed E-state index contributed by atoms with van der Waals surface area (Å²) >= 11 is 0. The van der Waals surface area contributed by atoms with Crippen molar-refractivity contribution < 1.29 is 19.2 Å². The summed E-state index contributed by atoms with van der Waals surface area (Å²) in [5, 5.41) is 18.8. The van der Waals surface area contributed by atoms with Crippen LogP contribution in [-0.4, -0.2) is 39.9 Å². The zero-order valence-electron chi connectivity index (χ0n) is 17.9. The average molecular weight is 436 g/mol. The van der Waals surface area contributed by atoms with Crippen LogP contribution in [0, 0.1) is 24.0 Å². The van der Waals surface area contributed by atoms with Gasteiger partial charge in [0.15, 0.2) is 5.69 Å². The maximum absolute atomic E-state index is 12.9. The van der Waals surface area contributed by atoms with Gasteiger partial charge in [0.1, 0.15) is 0 Å². The Morgan fingerprint density at radius 1 is 1.25 bits per heavy atom. The molecule has 166 valence electrons. The molecule has 32 heavy (non-hydrogen) atoms. The van der Waals surface area contributed by atoms with Crippen LogP contribution in [0.15, 0.2) is 48.5 Å². The third-order valence-corrected chi connectivity index (χ3v) is 5.34. The number of carbonyl (C=O) groups excluding carboxylic acids is 1. The van der Waals surface area contributed by atoms with Crippen LogP contribution >= 0.6 is 0 Å². The lowest BCUT2D eigenvalue weighted by atomic mass is 10.2. The molecule has 0 radical (unpaired) electrons. The summed E-state index contributed by atoms with van der Waals surface area (Å²) in [4.78, 5) is 23.8. The van der Waals surface area contributed by atoms with Gasteiger partial charge in [-0.15, -0.1) is 0 Å². The molecule has 1 atom stereocenters. The molecule has 2 heterocycles. The summed E-state index contributed by atoms with van der Waals surface area (Å²) < 4.78 is 13.0. The van der Waals surface area contributed by atoms with E-state index in [1.807, 2.05) is 31.2 Å². The minimum atomic E-state index is -0.507. The third-order valence-electron chi connectivity index (χ3n) is 5.34. The topological polar surface area (TPSA) is 109 Å². The van der Waals surface area contributed by atoms with Crippen LogP contribution in [0.25, 0.3) is 5.69 Å². The Balaban J connectivity index is 1.71. The molecule has 0 spiro atoms. The first-order valence-corrected chi connectivity index (χ1v) is 10.4. The van der Waals surface area contributed by atoms with E-state index in [1.54, 1.807) is 19.1 Å². The van der Waals surface area contributed by atoms with Crippen LogP contribution in [0.5, 0.6) is 11.6 Å². The van der Waals surface area contributed by atoms with Gasteiger partial charge in [-0.05, 0) is 44.9 Å². The fourth-order valence-electron chi connectivity index (χ4n) is 3.57. The Morgan fingerprint density at radius 2 is 2.00 bits per heavy atom. The molecular formula is C23H24N4O5. The first-order chi connectivity index (χ1) is 15.4. The van der Waals surface area contributed by atoms with Crippen LogP contribution in [0.1, 0.15) is 34.5 Å². The number of rotatable bonds is 7. The molecule has 1 aliphatic rings. The second kappa shape index (κ2) is 9.19. The second-order valence-corrected chi connectivity index (χ2v) is 7.70. The SMILES string of the molecule is Cc1ccc(-n2nc(C(=O)NCC3CCCO3)c(C)c2Oc2ccccc2[N+](=O)[O-])cc1. The molecule has 0 bridgehead atoms. The van der Waals surface area contributed by atoms with E-state index in [4.69, 9.17) is 9.47 Å². The lowest BCUT2D eigenvalue weighted by molar-refractivity contribution is -0.385. The molecule has 1 N–H and O–H groups in total. The highest BCUT2D eigenvalue weighted by molar-refractivity contribution is 5.94. The van der Waals surface area contributed by atoms with Crippen LogP contribution < -0.4 is 10.1 Å². The number of nitro benzene ring substituents is 1. The summed E-state index contributed by atoms with van der Waals surface area (Å²) in [5.41, 5.74) is 2.23.